The van der Waals surface area contributed by atoms with Crippen LogP contribution in [0.25, 0.3) is 87.2 Å². The summed E-state index contributed by atoms with van der Waals surface area (Å²) in [6, 6.07) is 29.1. The van der Waals surface area contributed by atoms with E-state index in [0.717, 1.165) is 21.5 Å². The zero-order valence-corrected chi connectivity index (χ0v) is 25.8. The van der Waals surface area contributed by atoms with Crippen molar-refractivity contribution in [2.75, 3.05) is 0 Å². The van der Waals surface area contributed by atoms with Gasteiger partial charge in [-0.15, -0.1) is 0 Å². The van der Waals surface area contributed by atoms with E-state index in [4.69, 9.17) is 18.3 Å². The average molecular weight is 675 g/mol. The zero-order chi connectivity index (χ0) is 32.7. The Bertz CT molecular complexity index is 3070. The molecular formula is C34H18N4O8S2. The molecule has 2 N–H and O–H groups in total. The van der Waals surface area contributed by atoms with Gasteiger partial charge in [0, 0.05) is 43.1 Å². The van der Waals surface area contributed by atoms with Gasteiger partial charge in [-0.05, 0) is 59.3 Å². The number of aromatic nitrogens is 4. The van der Waals surface area contributed by atoms with Crippen LogP contribution < -0.4 is 8.37 Å². The van der Waals surface area contributed by atoms with E-state index in [1.165, 1.54) is 0 Å². The fourth-order valence-corrected chi connectivity index (χ4v) is 8.05. The highest BCUT2D eigenvalue weighted by Gasteiger charge is 2.27. The molecule has 0 fully saturated rings. The van der Waals surface area contributed by atoms with Crippen molar-refractivity contribution < 1.29 is 34.3 Å². The van der Waals surface area contributed by atoms with Crippen molar-refractivity contribution in [3.8, 4) is 11.8 Å². The highest BCUT2D eigenvalue weighted by Crippen LogP contribution is 2.47. The lowest BCUT2D eigenvalue weighted by Crippen LogP contribution is -2.13. The molecule has 0 atom stereocenters. The lowest BCUT2D eigenvalue weighted by Gasteiger charge is -2.22. The molecule has 48 heavy (non-hydrogen) atoms. The van der Waals surface area contributed by atoms with E-state index in [1.807, 2.05) is 60.7 Å². The summed E-state index contributed by atoms with van der Waals surface area (Å²) in [4.78, 5) is 9.92. The van der Waals surface area contributed by atoms with Crippen molar-refractivity contribution in [1.29, 1.82) is 0 Å². The minimum Gasteiger partial charge on any atom is -0.342 e. The van der Waals surface area contributed by atoms with Gasteiger partial charge in [0.05, 0.1) is 22.1 Å². The minimum atomic E-state index is -5.05. The number of hydrogen-bond donors (Lipinski definition) is 2. The molecule has 0 spiro atoms. The average Bonchev–Trinajstić information content (AvgIpc) is 3.05. The number of fused-ring (bicyclic) bond motifs is 6. The maximum atomic E-state index is 12.4. The lowest BCUT2D eigenvalue weighted by molar-refractivity contribution is 0.379. The van der Waals surface area contributed by atoms with E-state index in [-0.39, 0.29) is 22.5 Å². The molecule has 10 rings (SSSR count). The highest BCUT2D eigenvalue weighted by atomic mass is 32.3. The molecule has 12 nitrogen and oxygen atoms in total. The molecule has 4 heterocycles. The van der Waals surface area contributed by atoms with Crippen molar-refractivity contribution >= 4 is 108 Å². The van der Waals surface area contributed by atoms with E-state index >= 15 is 0 Å². The third-order valence-electron chi connectivity index (χ3n) is 8.96. The molecule has 4 aromatic heterocycles. The Hall–Kier alpha value is -5.80. The first-order valence-electron chi connectivity index (χ1n) is 14.6. The summed E-state index contributed by atoms with van der Waals surface area (Å²) in [6.07, 6.45) is 0. The summed E-state index contributed by atoms with van der Waals surface area (Å²) >= 11 is 0. The van der Waals surface area contributed by atoms with Crippen molar-refractivity contribution in [1.82, 2.24) is 18.8 Å². The van der Waals surface area contributed by atoms with Crippen LogP contribution in [0.2, 0.25) is 0 Å². The molecule has 0 bridgehead atoms. The molecule has 6 aromatic carbocycles. The van der Waals surface area contributed by atoms with Gasteiger partial charge in [0.1, 0.15) is 11.3 Å². The molecule has 234 valence electrons. The van der Waals surface area contributed by atoms with Crippen molar-refractivity contribution in [2.24, 2.45) is 0 Å². The number of pyridine rings is 2. The van der Waals surface area contributed by atoms with Crippen LogP contribution in [-0.4, -0.2) is 44.7 Å². The molecule has 0 saturated carbocycles. The summed E-state index contributed by atoms with van der Waals surface area (Å²) in [5.41, 5.74) is 3.08. The molecule has 0 aliphatic rings. The van der Waals surface area contributed by atoms with Crippen LogP contribution >= 0.6 is 0 Å². The summed E-state index contributed by atoms with van der Waals surface area (Å²) in [5, 5.41) is 5.82. The second-order valence-corrected chi connectivity index (χ2v) is 13.6. The fraction of sp³-hybridized carbons (Fsp3) is 0. The normalized spacial score (nSPS) is 13.1. The van der Waals surface area contributed by atoms with Crippen LogP contribution in [0.1, 0.15) is 0 Å². The van der Waals surface area contributed by atoms with Crippen LogP contribution in [0, 0.1) is 0 Å². The Morgan fingerprint density at radius 3 is 1.25 bits per heavy atom. The Morgan fingerprint density at radius 1 is 0.479 bits per heavy atom. The molecule has 14 heteroatoms. The van der Waals surface area contributed by atoms with Gasteiger partial charge in [-0.3, -0.25) is 17.9 Å². The fourth-order valence-electron chi connectivity index (χ4n) is 7.32. The van der Waals surface area contributed by atoms with Crippen LogP contribution in [-0.2, 0) is 20.8 Å². The van der Waals surface area contributed by atoms with Crippen molar-refractivity contribution in [3.63, 3.8) is 0 Å². The van der Waals surface area contributed by atoms with Crippen LogP contribution in [0.15, 0.2) is 97.1 Å². The summed E-state index contributed by atoms with van der Waals surface area (Å²) in [5.74, 6) is -0.454. The van der Waals surface area contributed by atoms with Crippen molar-refractivity contribution in [3.05, 3.63) is 97.1 Å². The molecule has 0 amide bonds. The highest BCUT2D eigenvalue weighted by molar-refractivity contribution is 7.81. The van der Waals surface area contributed by atoms with Gasteiger partial charge >= 0.3 is 20.8 Å². The summed E-state index contributed by atoms with van der Waals surface area (Å²) in [7, 11) is -10.1. The van der Waals surface area contributed by atoms with Gasteiger partial charge in [0.2, 0.25) is 11.8 Å². The molecule has 0 aliphatic heterocycles. The largest absolute Gasteiger partial charge is 0.447 e. The first-order chi connectivity index (χ1) is 23.1. The second-order valence-electron chi connectivity index (χ2n) is 11.6. The van der Waals surface area contributed by atoms with E-state index in [2.05, 4.69) is 0 Å². The lowest BCUT2D eigenvalue weighted by atomic mass is 9.95. The maximum Gasteiger partial charge on any atom is 0.447 e. The van der Waals surface area contributed by atoms with E-state index in [9.17, 15) is 25.9 Å². The number of hydrogen-bond acceptors (Lipinski definition) is 8. The smallest absolute Gasteiger partial charge is 0.342 e. The Kier molecular flexibility index (Phi) is 5.10. The molecule has 10 aromatic rings. The second kappa shape index (κ2) is 8.96. The predicted molar refractivity (Wildman–Crippen MR) is 182 cm³/mol. The molecule has 0 aliphatic carbocycles. The van der Waals surface area contributed by atoms with Gasteiger partial charge in [-0.25, -0.2) is 9.97 Å². The monoisotopic (exact) mass is 674 g/mol. The van der Waals surface area contributed by atoms with Crippen LogP contribution in [0.4, 0.5) is 0 Å². The molecular weight excluding hydrogens is 657 g/mol. The predicted octanol–water partition coefficient (Wildman–Crippen LogP) is 6.86. The third kappa shape index (κ3) is 3.64. The Labute approximate surface area is 269 Å². The zero-order valence-electron chi connectivity index (χ0n) is 24.2. The van der Waals surface area contributed by atoms with E-state index < -0.39 is 20.8 Å². The molecule has 0 unspecified atom stereocenters. The van der Waals surface area contributed by atoms with Gasteiger partial charge in [-0.1, -0.05) is 48.5 Å². The van der Waals surface area contributed by atoms with E-state index in [0.29, 0.717) is 54.9 Å². The van der Waals surface area contributed by atoms with Crippen LogP contribution in [0.3, 0.4) is 0 Å². The Morgan fingerprint density at radius 2 is 0.854 bits per heavy atom. The quantitative estimate of drug-likeness (QED) is 0.115. The standard InChI is InChI=1S/C34H18N4O8S2/c39-47(40,41)45-33-21-16-14-20-30-22(15-13-19(29(21)30)31-35-23-9-1-5-17-7-3-11-25(27(17)23)37(31)33)34(46-48(42,43)44)38-26-12-4-8-18-6-2-10-24(28(18)26)36-32(20)38/h1-16H,(H,39,40,41)(H,42,43,44). The van der Waals surface area contributed by atoms with E-state index in [1.54, 1.807) is 45.2 Å². The first-order valence-corrected chi connectivity index (χ1v) is 17.3. The van der Waals surface area contributed by atoms with Gasteiger partial charge in [-0.2, -0.15) is 16.8 Å². The number of benzene rings is 6. The molecule has 0 saturated heterocycles. The van der Waals surface area contributed by atoms with Gasteiger partial charge < -0.3 is 8.37 Å². The van der Waals surface area contributed by atoms with Crippen molar-refractivity contribution in [2.45, 2.75) is 0 Å². The Balaban J connectivity index is 1.51. The first kappa shape index (κ1) is 27.3. The summed E-state index contributed by atoms with van der Waals surface area (Å²) in [6.45, 7) is 0. The SMILES string of the molecule is O=S(=O)(O)Oc1c2ccc3c4c(ccc(c24)c2nc4cccc5cccc(c54)n12)c(OS(=O)(=O)O)n1c2cccc4cccc(nc31)c42. The maximum absolute atomic E-state index is 12.4. The third-order valence-corrected chi connectivity index (χ3v) is 9.69. The summed E-state index contributed by atoms with van der Waals surface area (Å²) < 4.78 is 83.4. The number of rotatable bonds is 4. The topological polar surface area (TPSA) is 162 Å². The van der Waals surface area contributed by atoms with Gasteiger partial charge in [0.15, 0.2) is 0 Å². The number of nitrogens with zero attached hydrogens (tertiary/aromatic N) is 4. The molecule has 0 radical (unpaired) electrons. The minimum absolute atomic E-state index is 0.227. The van der Waals surface area contributed by atoms with Gasteiger partial charge in [0.25, 0.3) is 0 Å². The van der Waals surface area contributed by atoms with Crippen LogP contribution in [0.5, 0.6) is 11.8 Å².